The molecule has 1 aromatic carbocycles. The number of aromatic nitrogens is 1. The van der Waals surface area contributed by atoms with Gasteiger partial charge in [0.2, 0.25) is 5.91 Å². The maximum Gasteiger partial charge on any atom is 0.298 e. The Hall–Kier alpha value is -2.12. The highest BCUT2D eigenvalue weighted by Crippen LogP contribution is 2.60. The fourth-order valence-corrected chi connectivity index (χ4v) is 5.57. The van der Waals surface area contributed by atoms with Gasteiger partial charge in [-0.15, -0.1) is 0 Å². The first-order chi connectivity index (χ1) is 14.1. The number of aryl methyl sites for hydroxylation is 2. The van der Waals surface area contributed by atoms with Gasteiger partial charge in [0, 0.05) is 13.1 Å². The first-order valence-corrected chi connectivity index (χ1v) is 10.7. The predicted molar refractivity (Wildman–Crippen MR) is 107 cm³/mol. The number of carbonyl (C=O) groups is 1. The molecule has 7 heteroatoms. The van der Waals surface area contributed by atoms with Crippen LogP contribution in [-0.4, -0.2) is 55.4 Å². The Morgan fingerprint density at radius 3 is 3.00 bits per heavy atom. The summed E-state index contributed by atoms with van der Waals surface area (Å²) in [5.41, 5.74) is 4.02. The molecule has 2 aromatic rings. The van der Waals surface area contributed by atoms with Gasteiger partial charge in [-0.2, -0.15) is 4.98 Å². The van der Waals surface area contributed by atoms with E-state index in [4.69, 9.17) is 13.9 Å². The van der Waals surface area contributed by atoms with Crippen LogP contribution in [0.15, 0.2) is 16.5 Å². The van der Waals surface area contributed by atoms with Gasteiger partial charge in [0.05, 0.1) is 37.4 Å². The quantitative estimate of drug-likeness (QED) is 0.852. The van der Waals surface area contributed by atoms with E-state index in [9.17, 15) is 4.79 Å². The Kier molecular flexibility index (Phi) is 3.93. The lowest BCUT2D eigenvalue weighted by atomic mass is 9.88. The molecule has 6 atom stereocenters. The summed E-state index contributed by atoms with van der Waals surface area (Å²) in [4.78, 5) is 19.5. The van der Waals surface area contributed by atoms with E-state index in [0.717, 1.165) is 35.5 Å². The van der Waals surface area contributed by atoms with Crippen LogP contribution in [-0.2, 0) is 14.3 Å². The van der Waals surface area contributed by atoms with E-state index >= 15 is 0 Å². The van der Waals surface area contributed by atoms with Gasteiger partial charge in [-0.05, 0) is 55.7 Å². The highest BCUT2D eigenvalue weighted by atomic mass is 16.5. The summed E-state index contributed by atoms with van der Waals surface area (Å²) >= 11 is 0. The van der Waals surface area contributed by atoms with Crippen molar-refractivity contribution in [2.24, 2.45) is 17.8 Å². The van der Waals surface area contributed by atoms with Gasteiger partial charge in [0.1, 0.15) is 5.52 Å². The molecule has 6 rings (SSSR count). The molecule has 1 N–H and O–H groups in total. The van der Waals surface area contributed by atoms with E-state index in [-0.39, 0.29) is 24.0 Å². The molecule has 1 saturated carbocycles. The zero-order chi connectivity index (χ0) is 19.7. The zero-order valence-corrected chi connectivity index (χ0v) is 16.9. The van der Waals surface area contributed by atoms with Crippen molar-refractivity contribution in [3.05, 3.63) is 23.3 Å². The summed E-state index contributed by atoms with van der Waals surface area (Å²) in [6.45, 7) is 6.61. The zero-order valence-electron chi connectivity index (χ0n) is 16.9. The molecule has 154 valence electrons. The SMILES string of the molecule is Cc1cc(C)c2oc(N3CCOC(CNC(=O)[C@@H]4C[C@@H]5O[C@H]4[C@H]4C[C@H]45)C3)nc2c1. The van der Waals surface area contributed by atoms with Crippen LogP contribution in [0.25, 0.3) is 11.1 Å². The standard InChI is InChI=1S/C22H27N3O4/c1-11-5-12(2)19-17(6-11)24-22(29-19)25-3-4-27-13(10-25)9-23-21(26)16-8-18-14-7-15(14)20(16)28-18/h5-6,13-16,18,20H,3-4,7-10H2,1-2H3,(H,23,26)/t13?,14-,15+,16-,18+,20+/m1/s1. The normalized spacial score (nSPS) is 35.2. The van der Waals surface area contributed by atoms with Crippen molar-refractivity contribution >= 4 is 23.0 Å². The fourth-order valence-electron chi connectivity index (χ4n) is 5.57. The van der Waals surface area contributed by atoms with Crippen molar-refractivity contribution in [3.63, 3.8) is 0 Å². The van der Waals surface area contributed by atoms with Crippen LogP contribution in [0.2, 0.25) is 0 Å². The van der Waals surface area contributed by atoms with E-state index in [1.54, 1.807) is 0 Å². The summed E-state index contributed by atoms with van der Waals surface area (Å²) in [6, 6.07) is 4.79. The van der Waals surface area contributed by atoms with Gasteiger partial charge in [-0.1, -0.05) is 6.07 Å². The van der Waals surface area contributed by atoms with Crippen LogP contribution in [0.4, 0.5) is 6.01 Å². The second-order valence-electron chi connectivity index (χ2n) is 9.16. The number of morpholine rings is 1. The van der Waals surface area contributed by atoms with Gasteiger partial charge in [0.25, 0.3) is 6.01 Å². The van der Waals surface area contributed by atoms with Crippen molar-refractivity contribution in [2.75, 3.05) is 31.1 Å². The van der Waals surface area contributed by atoms with Crippen LogP contribution >= 0.6 is 0 Å². The number of benzene rings is 1. The minimum Gasteiger partial charge on any atom is -0.423 e. The summed E-state index contributed by atoms with van der Waals surface area (Å²) in [7, 11) is 0. The van der Waals surface area contributed by atoms with Crippen molar-refractivity contribution < 1.29 is 18.7 Å². The first-order valence-electron chi connectivity index (χ1n) is 10.7. The fraction of sp³-hybridized carbons (Fsp3) is 0.636. The topological polar surface area (TPSA) is 76.8 Å². The van der Waals surface area contributed by atoms with E-state index in [1.165, 1.54) is 12.0 Å². The molecule has 0 spiro atoms. The average Bonchev–Trinajstić information content (AvgIpc) is 3.07. The molecular formula is C22H27N3O4. The molecular weight excluding hydrogens is 370 g/mol. The molecule has 1 unspecified atom stereocenters. The third-order valence-corrected chi connectivity index (χ3v) is 7.06. The largest absolute Gasteiger partial charge is 0.423 e. The number of hydrogen-bond acceptors (Lipinski definition) is 6. The lowest BCUT2D eigenvalue weighted by molar-refractivity contribution is -0.127. The second-order valence-corrected chi connectivity index (χ2v) is 9.16. The maximum atomic E-state index is 12.7. The third-order valence-electron chi connectivity index (χ3n) is 7.06. The Balaban J connectivity index is 1.09. The van der Waals surface area contributed by atoms with E-state index in [2.05, 4.69) is 34.3 Å². The van der Waals surface area contributed by atoms with E-state index in [0.29, 0.717) is 37.7 Å². The van der Waals surface area contributed by atoms with Gasteiger partial charge in [-0.3, -0.25) is 4.79 Å². The van der Waals surface area contributed by atoms with Gasteiger partial charge >= 0.3 is 0 Å². The second kappa shape index (κ2) is 6.44. The Labute approximate surface area is 169 Å². The number of hydrogen-bond donors (Lipinski definition) is 1. The molecule has 4 fully saturated rings. The van der Waals surface area contributed by atoms with Crippen LogP contribution in [0.3, 0.4) is 0 Å². The van der Waals surface area contributed by atoms with Crippen LogP contribution in [0.1, 0.15) is 24.0 Å². The molecule has 7 nitrogen and oxygen atoms in total. The Bertz CT molecular complexity index is 972. The molecule has 4 heterocycles. The monoisotopic (exact) mass is 397 g/mol. The third kappa shape index (κ3) is 2.94. The molecule has 3 saturated heterocycles. The molecule has 29 heavy (non-hydrogen) atoms. The summed E-state index contributed by atoms with van der Waals surface area (Å²) < 4.78 is 17.9. The number of nitrogens with zero attached hydrogens (tertiary/aromatic N) is 2. The number of anilines is 1. The molecule has 1 aromatic heterocycles. The van der Waals surface area contributed by atoms with Gasteiger partial charge in [-0.25, -0.2) is 0 Å². The summed E-state index contributed by atoms with van der Waals surface area (Å²) in [6.07, 6.45) is 2.55. The number of nitrogens with one attached hydrogen (secondary N) is 1. The number of oxazole rings is 1. The lowest BCUT2D eigenvalue weighted by Crippen LogP contribution is -2.49. The minimum absolute atomic E-state index is 0.0201. The summed E-state index contributed by atoms with van der Waals surface area (Å²) in [5.74, 6) is 1.52. The van der Waals surface area contributed by atoms with Gasteiger partial charge < -0.3 is 24.1 Å². The molecule has 1 amide bonds. The van der Waals surface area contributed by atoms with Crippen molar-refractivity contribution in [3.8, 4) is 0 Å². The van der Waals surface area contributed by atoms with Crippen LogP contribution in [0.5, 0.6) is 0 Å². The van der Waals surface area contributed by atoms with Crippen LogP contribution < -0.4 is 10.2 Å². The van der Waals surface area contributed by atoms with E-state index in [1.807, 2.05) is 6.92 Å². The lowest BCUT2D eigenvalue weighted by Gasteiger charge is -2.32. The van der Waals surface area contributed by atoms with Gasteiger partial charge in [0.15, 0.2) is 5.58 Å². The molecule has 1 aliphatic carbocycles. The Morgan fingerprint density at radius 1 is 1.28 bits per heavy atom. The predicted octanol–water partition coefficient (Wildman–Crippen LogP) is 2.19. The van der Waals surface area contributed by atoms with Crippen molar-refractivity contribution in [1.29, 1.82) is 0 Å². The molecule has 2 bridgehead atoms. The Morgan fingerprint density at radius 2 is 2.17 bits per heavy atom. The first kappa shape index (κ1) is 17.7. The number of fused-ring (bicyclic) bond motifs is 6. The minimum atomic E-state index is -0.0706. The molecule has 0 radical (unpaired) electrons. The van der Waals surface area contributed by atoms with E-state index < -0.39 is 0 Å². The number of carbonyl (C=O) groups excluding carboxylic acids is 1. The molecule has 4 aliphatic rings. The summed E-state index contributed by atoms with van der Waals surface area (Å²) in [5, 5.41) is 3.11. The maximum absolute atomic E-state index is 12.7. The number of rotatable bonds is 4. The van der Waals surface area contributed by atoms with Crippen molar-refractivity contribution in [2.45, 2.75) is 45.0 Å². The number of amides is 1. The molecule has 3 aliphatic heterocycles. The highest BCUT2D eigenvalue weighted by Gasteiger charge is 2.64. The average molecular weight is 397 g/mol. The van der Waals surface area contributed by atoms with Crippen LogP contribution in [0, 0.1) is 31.6 Å². The highest BCUT2D eigenvalue weighted by molar-refractivity contribution is 5.80. The van der Waals surface area contributed by atoms with Crippen molar-refractivity contribution in [1.82, 2.24) is 10.3 Å². The smallest absolute Gasteiger partial charge is 0.298 e. The number of ether oxygens (including phenoxy) is 2.